The third kappa shape index (κ3) is 6.58. The first-order valence-electron chi connectivity index (χ1n) is 12.9. The molecule has 200 valence electrons. The molecule has 0 spiro atoms. The average Bonchev–Trinajstić information content (AvgIpc) is 3.62. The van der Waals surface area contributed by atoms with Crippen molar-refractivity contribution >= 4 is 35.2 Å². The molecule has 0 radical (unpaired) electrons. The van der Waals surface area contributed by atoms with E-state index in [1.54, 1.807) is 24.3 Å². The number of fused-ring (bicyclic) bond motifs is 4. The second-order valence-corrected chi connectivity index (χ2v) is 10.1. The summed E-state index contributed by atoms with van der Waals surface area (Å²) in [5, 5.41) is 18.0. The Hall–Kier alpha value is -4.31. The van der Waals surface area contributed by atoms with E-state index in [2.05, 4.69) is 38.1 Å². The fraction of sp³-hybridized carbons (Fsp3) is 0.286. The van der Waals surface area contributed by atoms with Crippen LogP contribution in [0.5, 0.6) is 0 Å². The lowest BCUT2D eigenvalue weighted by Gasteiger charge is -2.18. The fourth-order valence-electron chi connectivity index (χ4n) is 4.73. The lowest BCUT2D eigenvalue weighted by molar-refractivity contribution is -0.118. The Morgan fingerprint density at radius 3 is 2.87 bits per heavy atom. The largest absolute Gasteiger partial charge is 0.346 e. The highest BCUT2D eigenvalue weighted by Crippen LogP contribution is 2.30. The minimum Gasteiger partial charge on any atom is -0.346 e. The number of carbonyl (C=O) groups is 2. The van der Waals surface area contributed by atoms with Crippen LogP contribution in [0, 0.1) is 5.92 Å². The molecule has 11 heteroatoms. The number of imidazole rings is 1. The van der Waals surface area contributed by atoms with E-state index in [-0.39, 0.29) is 23.8 Å². The molecule has 1 unspecified atom stereocenters. The van der Waals surface area contributed by atoms with Crippen molar-refractivity contribution in [1.82, 2.24) is 35.5 Å². The van der Waals surface area contributed by atoms with Gasteiger partial charge in [-0.1, -0.05) is 56.0 Å². The summed E-state index contributed by atoms with van der Waals surface area (Å²) in [6, 6.07) is 12.6. The normalized spacial score (nSPS) is 18.3. The van der Waals surface area contributed by atoms with Gasteiger partial charge in [-0.3, -0.25) is 9.59 Å². The van der Waals surface area contributed by atoms with Crippen LogP contribution >= 0.6 is 11.6 Å². The van der Waals surface area contributed by atoms with Crippen LogP contribution in [-0.2, 0) is 9.59 Å². The van der Waals surface area contributed by atoms with Gasteiger partial charge in [0, 0.05) is 34.8 Å². The summed E-state index contributed by atoms with van der Waals surface area (Å²) in [5.41, 5.74) is 3.63. The number of nitrogens with zero attached hydrogens (tertiary/aromatic N) is 5. The third-order valence-corrected chi connectivity index (χ3v) is 6.93. The first-order valence-corrected chi connectivity index (χ1v) is 13.3. The lowest BCUT2D eigenvalue weighted by atomic mass is 9.97. The predicted molar refractivity (Wildman–Crippen MR) is 149 cm³/mol. The number of aromatic amines is 1. The van der Waals surface area contributed by atoms with Crippen molar-refractivity contribution in [2.45, 2.75) is 45.1 Å². The lowest BCUT2D eigenvalue weighted by Crippen LogP contribution is -2.28. The number of hydrogen-bond acceptors (Lipinski definition) is 6. The Morgan fingerprint density at radius 1 is 1.18 bits per heavy atom. The van der Waals surface area contributed by atoms with Crippen molar-refractivity contribution in [3.63, 3.8) is 0 Å². The molecule has 5 rings (SSSR count). The van der Waals surface area contributed by atoms with Crippen LogP contribution in [0.2, 0.25) is 5.02 Å². The summed E-state index contributed by atoms with van der Waals surface area (Å²) in [6.45, 7) is 2.10. The summed E-state index contributed by atoms with van der Waals surface area (Å²) >= 11 is 6.21. The second-order valence-electron chi connectivity index (χ2n) is 9.71. The predicted octanol–water partition coefficient (Wildman–Crippen LogP) is 5.12. The zero-order valence-electron chi connectivity index (χ0n) is 21.5. The van der Waals surface area contributed by atoms with Crippen molar-refractivity contribution in [3.05, 3.63) is 77.5 Å². The van der Waals surface area contributed by atoms with Gasteiger partial charge in [-0.2, -0.15) is 4.68 Å². The van der Waals surface area contributed by atoms with Gasteiger partial charge in [0.2, 0.25) is 11.8 Å². The number of hydrogen-bond donors (Lipinski definition) is 3. The molecule has 39 heavy (non-hydrogen) atoms. The van der Waals surface area contributed by atoms with E-state index >= 15 is 0 Å². The van der Waals surface area contributed by atoms with E-state index in [4.69, 9.17) is 16.6 Å². The highest BCUT2D eigenvalue weighted by atomic mass is 35.5. The highest BCUT2D eigenvalue weighted by molar-refractivity contribution is 6.30. The minimum atomic E-state index is -0.311. The van der Waals surface area contributed by atoms with E-state index in [1.165, 1.54) is 17.1 Å². The molecule has 0 saturated heterocycles. The van der Waals surface area contributed by atoms with Crippen LogP contribution in [0.3, 0.4) is 0 Å². The molecule has 3 heterocycles. The molecule has 1 aliphatic rings. The van der Waals surface area contributed by atoms with E-state index in [0.717, 1.165) is 24.8 Å². The zero-order chi connectivity index (χ0) is 27.2. The first kappa shape index (κ1) is 26.3. The number of para-hydroxylation sites is 1. The van der Waals surface area contributed by atoms with Gasteiger partial charge >= 0.3 is 0 Å². The van der Waals surface area contributed by atoms with Gasteiger partial charge in [0.15, 0.2) is 0 Å². The molecule has 2 aromatic heterocycles. The molecule has 1 aliphatic heterocycles. The number of H-pyrrole nitrogens is 1. The topological polar surface area (TPSA) is 130 Å². The Labute approximate surface area is 230 Å². The number of nitrogens with one attached hydrogen (secondary N) is 3. The van der Waals surface area contributed by atoms with Crippen LogP contribution in [-0.4, -0.2) is 42.0 Å². The highest BCUT2D eigenvalue weighted by Gasteiger charge is 2.20. The maximum Gasteiger partial charge on any atom is 0.244 e. The SMILES string of the molecule is CC1CCCC[C@H](NC(=O)/C=C/c2cc(Cl)ccc2-n2cnnn2)c2nc(c[nH]2)-c2ccccc2NC(=O)C1. The Balaban J connectivity index is 1.39. The van der Waals surface area contributed by atoms with Gasteiger partial charge in [-0.15, -0.1) is 5.10 Å². The van der Waals surface area contributed by atoms with E-state index < -0.39 is 0 Å². The van der Waals surface area contributed by atoms with Crippen molar-refractivity contribution in [1.29, 1.82) is 0 Å². The monoisotopic (exact) mass is 544 g/mol. The second kappa shape index (κ2) is 12.0. The molecule has 0 saturated carbocycles. The van der Waals surface area contributed by atoms with E-state index in [9.17, 15) is 9.59 Å². The van der Waals surface area contributed by atoms with E-state index in [0.29, 0.717) is 46.3 Å². The van der Waals surface area contributed by atoms with Crippen LogP contribution in [0.1, 0.15) is 56.5 Å². The standard InChI is InChI=1S/C28H29ClN8O2/c1-18-6-2-4-9-23(28-30-16-24(34-28)21-7-3-5-8-22(21)32-27(39)14-18)33-26(38)13-10-19-15-20(29)11-12-25(19)37-17-31-35-36-37/h3,5,7-8,10-13,15-18,23H,2,4,6,9,14H2,1H3,(H,30,34)(H,32,39)(H,33,38)/b13-10+/t18?,23-/m0/s1. The smallest absolute Gasteiger partial charge is 0.244 e. The summed E-state index contributed by atoms with van der Waals surface area (Å²) in [4.78, 5) is 33.7. The van der Waals surface area contributed by atoms with Gasteiger partial charge in [0.05, 0.1) is 23.1 Å². The fourth-order valence-corrected chi connectivity index (χ4v) is 4.91. The summed E-state index contributed by atoms with van der Waals surface area (Å²) < 4.78 is 1.51. The molecule has 0 aliphatic carbocycles. The maximum absolute atomic E-state index is 13.1. The Kier molecular flexibility index (Phi) is 8.12. The molecular weight excluding hydrogens is 516 g/mol. The number of halogens is 1. The molecular formula is C28H29ClN8O2. The number of aromatic nitrogens is 6. The summed E-state index contributed by atoms with van der Waals surface area (Å²) in [6.07, 6.45) is 10.4. The summed E-state index contributed by atoms with van der Waals surface area (Å²) in [5.74, 6) is 0.662. The quantitative estimate of drug-likeness (QED) is 0.306. The minimum absolute atomic E-state index is 0.00244. The van der Waals surface area contributed by atoms with Crippen LogP contribution in [0.25, 0.3) is 23.0 Å². The number of rotatable bonds is 4. The number of anilines is 1. The number of carbonyl (C=O) groups excluding carboxylic acids is 2. The summed E-state index contributed by atoms with van der Waals surface area (Å²) in [7, 11) is 0. The number of amides is 2. The van der Waals surface area contributed by atoms with Crippen LogP contribution < -0.4 is 10.6 Å². The third-order valence-electron chi connectivity index (χ3n) is 6.69. The molecule has 3 N–H and O–H groups in total. The molecule has 2 aromatic carbocycles. The van der Waals surface area contributed by atoms with Gasteiger partial charge in [-0.25, -0.2) is 4.98 Å². The molecule has 2 amide bonds. The van der Waals surface area contributed by atoms with Gasteiger partial charge < -0.3 is 15.6 Å². The molecule has 2 bridgehead atoms. The van der Waals surface area contributed by atoms with Gasteiger partial charge in [-0.05, 0) is 53.1 Å². The van der Waals surface area contributed by atoms with Crippen molar-refractivity contribution in [3.8, 4) is 16.9 Å². The number of tetrazole rings is 1. The van der Waals surface area contributed by atoms with Crippen molar-refractivity contribution < 1.29 is 9.59 Å². The maximum atomic E-state index is 13.1. The number of benzene rings is 2. The molecule has 4 aromatic rings. The Bertz CT molecular complexity index is 1480. The van der Waals surface area contributed by atoms with Gasteiger partial charge in [0.25, 0.3) is 0 Å². The van der Waals surface area contributed by atoms with E-state index in [1.807, 2.05) is 30.5 Å². The molecule has 2 atom stereocenters. The van der Waals surface area contributed by atoms with Crippen molar-refractivity contribution in [2.75, 3.05) is 5.32 Å². The zero-order valence-corrected chi connectivity index (χ0v) is 22.2. The molecule has 10 nitrogen and oxygen atoms in total. The first-order chi connectivity index (χ1) is 19.0. The molecule has 0 fully saturated rings. The van der Waals surface area contributed by atoms with Gasteiger partial charge in [0.1, 0.15) is 12.2 Å². The van der Waals surface area contributed by atoms with Crippen LogP contribution in [0.15, 0.2) is 61.1 Å². The van der Waals surface area contributed by atoms with Crippen LogP contribution in [0.4, 0.5) is 5.69 Å². The average molecular weight is 545 g/mol. The van der Waals surface area contributed by atoms with Crippen molar-refractivity contribution in [2.24, 2.45) is 5.92 Å². The Morgan fingerprint density at radius 2 is 2.03 bits per heavy atom.